The highest BCUT2D eigenvalue weighted by Crippen LogP contribution is 2.45. The largest absolute Gasteiger partial charge is 0.471 e. The molecule has 0 spiro atoms. The van der Waals surface area contributed by atoms with Crippen molar-refractivity contribution in [3.63, 3.8) is 0 Å². The minimum atomic E-state index is -1.75. The summed E-state index contributed by atoms with van der Waals surface area (Å²) in [6, 6.07) is 0. The van der Waals surface area contributed by atoms with Gasteiger partial charge in [-0.25, -0.2) is 9.59 Å². The second-order valence-corrected chi connectivity index (χ2v) is 14.8. The fourth-order valence-electron chi connectivity index (χ4n) is 8.38. The maximum absolute atomic E-state index is 12.9. The first-order valence-electron chi connectivity index (χ1n) is 19.0. The summed E-state index contributed by atoms with van der Waals surface area (Å²) in [5.74, 6) is -3.85. The van der Waals surface area contributed by atoms with Crippen molar-refractivity contribution in [2.75, 3.05) is 34.0 Å². The SMILES string of the molecule is CCO[C@@H]1C[C@@H]2C(C(=O)OC)=CO[C@@H](O[C@@H]3O[C@H](CO[C@H]4C[C@@H]5C(C(=O)OC)=CO[C@@H](O[C@@H]6O[C@H](CO)[C@@H](O)[C@H](O)[C@H]6O)[C@@H]5[C@H](C)O4)[C@@H](O)[C@H](O)[C@H]3O)[C@@H]2[C@H](C)O1. The molecular formula is C36H54O21. The first-order valence-corrected chi connectivity index (χ1v) is 19.0. The molecule has 20 atom stereocenters. The molecule has 6 heterocycles. The molecule has 6 aliphatic heterocycles. The molecule has 0 unspecified atom stereocenters. The summed E-state index contributed by atoms with van der Waals surface area (Å²) < 4.78 is 68.9. The molecule has 0 radical (unpaired) electrons. The topological polar surface area (TPSA) is 287 Å². The Morgan fingerprint density at radius 2 is 1.07 bits per heavy atom. The lowest BCUT2D eigenvalue weighted by Gasteiger charge is -2.48. The van der Waals surface area contributed by atoms with E-state index in [1.54, 1.807) is 13.8 Å². The van der Waals surface area contributed by atoms with Crippen molar-refractivity contribution >= 4 is 11.9 Å². The molecule has 57 heavy (non-hydrogen) atoms. The third-order valence-corrected chi connectivity index (χ3v) is 11.4. The van der Waals surface area contributed by atoms with Gasteiger partial charge in [0.25, 0.3) is 0 Å². The van der Waals surface area contributed by atoms with Crippen molar-refractivity contribution in [2.24, 2.45) is 23.7 Å². The molecule has 6 rings (SSSR count). The van der Waals surface area contributed by atoms with Crippen molar-refractivity contribution < 1.29 is 102 Å². The summed E-state index contributed by atoms with van der Waals surface area (Å²) in [5.41, 5.74) is 0.365. The number of hydrogen-bond acceptors (Lipinski definition) is 21. The van der Waals surface area contributed by atoms with Crippen LogP contribution in [0.4, 0.5) is 0 Å². The molecule has 4 saturated heterocycles. The molecule has 0 aromatic heterocycles. The van der Waals surface area contributed by atoms with Crippen LogP contribution in [0.5, 0.6) is 0 Å². The molecule has 6 aliphatic rings. The van der Waals surface area contributed by atoms with E-state index >= 15 is 0 Å². The van der Waals surface area contributed by atoms with Crippen LogP contribution in [-0.2, 0) is 66.4 Å². The lowest BCUT2D eigenvalue weighted by Crippen LogP contribution is -2.61. The van der Waals surface area contributed by atoms with Gasteiger partial charge in [0.05, 0.1) is 75.1 Å². The maximum atomic E-state index is 12.9. The highest BCUT2D eigenvalue weighted by atomic mass is 16.8. The van der Waals surface area contributed by atoms with E-state index < -0.39 is 148 Å². The van der Waals surface area contributed by atoms with Crippen molar-refractivity contribution in [1.29, 1.82) is 0 Å². The average Bonchev–Trinajstić information content (AvgIpc) is 3.20. The molecule has 0 amide bonds. The number of methoxy groups -OCH3 is 2. The van der Waals surface area contributed by atoms with Gasteiger partial charge in [-0.05, 0) is 20.8 Å². The molecule has 0 aromatic carbocycles. The predicted molar refractivity (Wildman–Crippen MR) is 182 cm³/mol. The summed E-state index contributed by atoms with van der Waals surface area (Å²) in [6.45, 7) is 4.53. The van der Waals surface area contributed by atoms with Crippen LogP contribution in [0.25, 0.3) is 0 Å². The van der Waals surface area contributed by atoms with Gasteiger partial charge >= 0.3 is 11.9 Å². The second kappa shape index (κ2) is 18.8. The van der Waals surface area contributed by atoms with E-state index in [0.717, 1.165) is 6.26 Å². The van der Waals surface area contributed by atoms with Crippen LogP contribution >= 0.6 is 0 Å². The maximum Gasteiger partial charge on any atom is 0.337 e. The van der Waals surface area contributed by atoms with Crippen LogP contribution in [0.2, 0.25) is 0 Å². The number of hydrogen-bond donors (Lipinski definition) is 7. The van der Waals surface area contributed by atoms with Gasteiger partial charge in [0.1, 0.15) is 48.8 Å². The van der Waals surface area contributed by atoms with Crippen molar-refractivity contribution in [2.45, 2.75) is 132 Å². The normalized spacial score (nSPS) is 45.9. The van der Waals surface area contributed by atoms with Gasteiger partial charge in [0, 0.05) is 31.3 Å². The highest BCUT2D eigenvalue weighted by Gasteiger charge is 2.54. The van der Waals surface area contributed by atoms with E-state index in [2.05, 4.69) is 0 Å². The molecular weight excluding hydrogens is 768 g/mol. The smallest absolute Gasteiger partial charge is 0.337 e. The first kappa shape index (κ1) is 44.0. The van der Waals surface area contributed by atoms with E-state index in [-0.39, 0.29) is 24.0 Å². The van der Waals surface area contributed by atoms with E-state index in [1.165, 1.54) is 20.5 Å². The van der Waals surface area contributed by atoms with Crippen LogP contribution in [0.15, 0.2) is 23.7 Å². The summed E-state index contributed by atoms with van der Waals surface area (Å²) in [5, 5.41) is 73.4. The average molecular weight is 823 g/mol. The quantitative estimate of drug-likeness (QED) is 0.0982. The zero-order valence-electron chi connectivity index (χ0n) is 32.1. The third-order valence-electron chi connectivity index (χ3n) is 11.4. The lowest BCUT2D eigenvalue weighted by molar-refractivity contribution is -0.362. The Morgan fingerprint density at radius 3 is 1.51 bits per heavy atom. The Morgan fingerprint density at radius 1 is 0.632 bits per heavy atom. The molecule has 21 heteroatoms. The number of esters is 2. The van der Waals surface area contributed by atoms with Crippen LogP contribution in [0, 0.1) is 23.7 Å². The van der Waals surface area contributed by atoms with Crippen LogP contribution < -0.4 is 0 Å². The predicted octanol–water partition coefficient (Wildman–Crippen LogP) is -2.76. The fraction of sp³-hybridized carbons (Fsp3) is 0.833. The van der Waals surface area contributed by atoms with E-state index in [4.69, 9.17) is 56.8 Å². The van der Waals surface area contributed by atoms with Gasteiger partial charge in [-0.3, -0.25) is 0 Å². The van der Waals surface area contributed by atoms with Crippen LogP contribution in [0.1, 0.15) is 33.6 Å². The van der Waals surface area contributed by atoms with E-state index in [0.29, 0.717) is 6.61 Å². The minimum absolute atomic E-state index is 0.0102. The monoisotopic (exact) mass is 822 g/mol. The van der Waals surface area contributed by atoms with Crippen LogP contribution in [0.3, 0.4) is 0 Å². The molecule has 324 valence electrons. The fourth-order valence-corrected chi connectivity index (χ4v) is 8.38. The number of ether oxygens (including phenoxy) is 12. The van der Waals surface area contributed by atoms with Gasteiger partial charge in [0.15, 0.2) is 25.2 Å². The van der Waals surface area contributed by atoms with Gasteiger partial charge in [-0.15, -0.1) is 0 Å². The molecule has 0 aromatic rings. The van der Waals surface area contributed by atoms with Crippen molar-refractivity contribution in [3.8, 4) is 0 Å². The van der Waals surface area contributed by atoms with Crippen LogP contribution in [-0.4, -0.2) is 181 Å². The summed E-state index contributed by atoms with van der Waals surface area (Å²) in [7, 11) is 2.44. The highest BCUT2D eigenvalue weighted by molar-refractivity contribution is 5.89. The number of aliphatic hydroxyl groups excluding tert-OH is 7. The van der Waals surface area contributed by atoms with Gasteiger partial charge in [-0.1, -0.05) is 0 Å². The number of fused-ring (bicyclic) bond motifs is 2. The Balaban J connectivity index is 1.13. The Kier molecular flexibility index (Phi) is 14.5. The van der Waals surface area contributed by atoms with E-state index in [1.807, 2.05) is 6.92 Å². The van der Waals surface area contributed by atoms with Gasteiger partial charge in [0.2, 0.25) is 12.6 Å². The molecule has 0 saturated carbocycles. The molecule has 0 bridgehead atoms. The molecule has 4 fully saturated rings. The summed E-state index contributed by atoms with van der Waals surface area (Å²) in [4.78, 5) is 25.5. The molecule has 7 N–H and O–H groups in total. The zero-order chi connectivity index (χ0) is 41.3. The second-order valence-electron chi connectivity index (χ2n) is 14.8. The Hall–Kier alpha value is -2.58. The first-order chi connectivity index (χ1) is 27.2. The third kappa shape index (κ3) is 8.98. The minimum Gasteiger partial charge on any atom is -0.471 e. The standard InChI is InChI=1S/C36H54O21/c1-6-48-21-7-15-17(31(44)46-4)10-51-34(23(15)13(2)52-21)57-36-30(43)28(41)26(39)20(55-36)12-49-22-8-16-18(32(45)47-5)11-50-33(24(16)14(3)53-22)56-35-29(42)27(40)25(38)19(9-37)54-35/h10-11,13-16,19-30,33-43H,6-9,12H2,1-5H3/t13-,14-,15+,16+,19+,20+,21-,22+,23+,24+,25+,26+,27-,28-,29+,30+,33-,34-,35-,36-/m0/s1. The Labute approximate surface area is 327 Å². The van der Waals surface area contributed by atoms with Crippen molar-refractivity contribution in [3.05, 3.63) is 23.7 Å². The summed E-state index contributed by atoms with van der Waals surface area (Å²) >= 11 is 0. The van der Waals surface area contributed by atoms with E-state index in [9.17, 15) is 45.3 Å². The number of carbonyl (C=O) groups excluding carboxylic acids is 2. The summed E-state index contributed by atoms with van der Waals surface area (Å²) in [6.07, 6.45) is -18.5. The van der Waals surface area contributed by atoms with Crippen molar-refractivity contribution in [1.82, 2.24) is 0 Å². The lowest BCUT2D eigenvalue weighted by atomic mass is 9.77. The number of rotatable bonds is 12. The van der Waals surface area contributed by atoms with Gasteiger partial charge < -0.3 is 92.6 Å². The number of carbonyl (C=O) groups is 2. The zero-order valence-corrected chi connectivity index (χ0v) is 32.1. The Bertz CT molecular complexity index is 1440. The van der Waals surface area contributed by atoms with Gasteiger partial charge in [-0.2, -0.15) is 0 Å². The molecule has 0 aliphatic carbocycles. The molecule has 21 nitrogen and oxygen atoms in total. The number of aliphatic hydroxyl groups is 7.